The van der Waals surface area contributed by atoms with E-state index in [1.165, 1.54) is 45.6 Å². The van der Waals surface area contributed by atoms with Gasteiger partial charge in [-0.2, -0.15) is 23.5 Å². The number of methoxy groups -OCH3 is 1. The van der Waals surface area contributed by atoms with Gasteiger partial charge in [-0.05, 0) is 77.8 Å². The summed E-state index contributed by atoms with van der Waals surface area (Å²) in [6.45, 7) is 5.06. The Morgan fingerprint density at radius 2 is 1.82 bits per heavy atom. The van der Waals surface area contributed by atoms with Gasteiger partial charge in [0.25, 0.3) is 5.91 Å². The number of thioether (sulfide) groups is 2. The molecule has 0 aliphatic heterocycles. The summed E-state index contributed by atoms with van der Waals surface area (Å²) < 4.78 is 4.96. The zero-order valence-electron chi connectivity index (χ0n) is 25.1. The number of carbonyl (C=O) groups excluding carboxylic acids is 2. The van der Waals surface area contributed by atoms with Crippen LogP contribution >= 0.6 is 23.5 Å². The van der Waals surface area contributed by atoms with Crippen molar-refractivity contribution in [3.05, 3.63) is 59.2 Å². The average molecular weight is 578 g/mol. The Morgan fingerprint density at radius 1 is 1.07 bits per heavy atom. The van der Waals surface area contributed by atoms with Gasteiger partial charge in [-0.15, -0.1) is 0 Å². The number of rotatable bonds is 15. The monoisotopic (exact) mass is 577 g/mol. The van der Waals surface area contributed by atoms with Gasteiger partial charge < -0.3 is 15.4 Å². The van der Waals surface area contributed by atoms with Gasteiger partial charge in [-0.25, -0.2) is 4.79 Å². The fourth-order valence-electron chi connectivity index (χ4n) is 5.42. The first-order valence-electron chi connectivity index (χ1n) is 14.3. The molecule has 1 amide bonds. The zero-order chi connectivity index (χ0) is 28.0. The molecule has 5 nitrogen and oxygen atoms in total. The number of aryl methyl sites for hydroxylation is 1. The number of hydrogen-bond donors (Lipinski definition) is 2. The van der Waals surface area contributed by atoms with E-state index in [-0.39, 0.29) is 24.8 Å². The number of hydrogen-bond acceptors (Lipinski definition) is 6. The van der Waals surface area contributed by atoms with Gasteiger partial charge in [-0.3, -0.25) is 4.79 Å². The van der Waals surface area contributed by atoms with Crippen molar-refractivity contribution in [3.8, 4) is 11.1 Å². The molecule has 215 valence electrons. The molecule has 2 atom stereocenters. The van der Waals surface area contributed by atoms with Crippen molar-refractivity contribution in [2.24, 2.45) is 5.92 Å². The SMILES string of the molecule is CCSCC(CC1CCCCC1)NCc1ccc(C(=O)N[C@@H](CCSC)C(=O)OC)c(-c2ccccc2C)c1.[Li]. The van der Waals surface area contributed by atoms with Crippen LogP contribution in [0.5, 0.6) is 0 Å². The third-order valence-electron chi connectivity index (χ3n) is 7.63. The maximum absolute atomic E-state index is 13.5. The number of amides is 1. The van der Waals surface area contributed by atoms with E-state index in [1.54, 1.807) is 11.8 Å². The Labute approximate surface area is 262 Å². The number of nitrogens with one attached hydrogen (secondary N) is 2. The van der Waals surface area contributed by atoms with Crippen LogP contribution in [0.25, 0.3) is 11.1 Å². The molecular formula is C32H46LiN2O3S2. The van der Waals surface area contributed by atoms with Crippen LogP contribution in [0, 0.1) is 12.8 Å². The van der Waals surface area contributed by atoms with Crippen LogP contribution in [0.3, 0.4) is 0 Å². The third kappa shape index (κ3) is 10.8. The normalized spacial score (nSPS) is 15.1. The van der Waals surface area contributed by atoms with Crippen LogP contribution in [-0.4, -0.2) is 73.4 Å². The van der Waals surface area contributed by atoms with Crippen LogP contribution in [0.15, 0.2) is 42.5 Å². The Morgan fingerprint density at radius 3 is 2.50 bits per heavy atom. The Hall–Kier alpha value is -1.36. The predicted molar refractivity (Wildman–Crippen MR) is 173 cm³/mol. The van der Waals surface area contributed by atoms with E-state index in [0.717, 1.165) is 52.0 Å². The molecule has 2 N–H and O–H groups in total. The summed E-state index contributed by atoms with van der Waals surface area (Å²) in [5, 5.41) is 6.79. The fraction of sp³-hybridized carbons (Fsp3) is 0.562. The van der Waals surface area contributed by atoms with Gasteiger partial charge in [0.15, 0.2) is 0 Å². The van der Waals surface area contributed by atoms with Gasteiger partial charge in [0.05, 0.1) is 7.11 Å². The molecule has 1 saturated carbocycles. The number of carbonyl (C=O) groups is 2. The summed E-state index contributed by atoms with van der Waals surface area (Å²) in [5.74, 6) is 3.18. The maximum atomic E-state index is 13.5. The van der Waals surface area contributed by atoms with E-state index in [2.05, 4.69) is 42.7 Å². The second-order valence-electron chi connectivity index (χ2n) is 10.5. The molecule has 1 unspecified atom stereocenters. The first-order chi connectivity index (χ1) is 19.0. The van der Waals surface area contributed by atoms with Crippen molar-refractivity contribution < 1.29 is 14.3 Å². The molecule has 1 fully saturated rings. The summed E-state index contributed by atoms with van der Waals surface area (Å²) >= 11 is 3.65. The first-order valence-corrected chi connectivity index (χ1v) is 16.9. The van der Waals surface area contributed by atoms with Crippen molar-refractivity contribution >= 4 is 54.3 Å². The summed E-state index contributed by atoms with van der Waals surface area (Å²) in [5.41, 5.74) is 4.77. The van der Waals surface area contributed by atoms with Crippen molar-refractivity contribution in [2.75, 3.05) is 30.6 Å². The number of ether oxygens (including phenoxy) is 1. The molecule has 0 heterocycles. The maximum Gasteiger partial charge on any atom is 0.328 e. The van der Waals surface area contributed by atoms with E-state index in [1.807, 2.05) is 42.3 Å². The quantitative estimate of drug-likeness (QED) is 0.186. The molecule has 2 aromatic rings. The molecule has 0 saturated heterocycles. The van der Waals surface area contributed by atoms with Gasteiger partial charge in [-0.1, -0.05) is 69.4 Å². The van der Waals surface area contributed by atoms with Crippen LogP contribution in [0.1, 0.15) is 73.4 Å². The first kappa shape index (κ1) is 34.8. The summed E-state index contributed by atoms with van der Waals surface area (Å²) in [7, 11) is 1.36. The molecule has 0 aromatic heterocycles. The molecule has 1 aliphatic carbocycles. The smallest absolute Gasteiger partial charge is 0.328 e. The van der Waals surface area contributed by atoms with E-state index in [0.29, 0.717) is 18.0 Å². The van der Waals surface area contributed by atoms with Crippen molar-refractivity contribution in [2.45, 2.75) is 77.4 Å². The summed E-state index contributed by atoms with van der Waals surface area (Å²) in [6.07, 6.45) is 10.6. The van der Waals surface area contributed by atoms with E-state index >= 15 is 0 Å². The Bertz CT molecular complexity index is 1060. The summed E-state index contributed by atoms with van der Waals surface area (Å²) in [6, 6.07) is 14.1. The zero-order valence-corrected chi connectivity index (χ0v) is 26.7. The molecule has 0 spiro atoms. The minimum absolute atomic E-state index is 0. The third-order valence-corrected chi connectivity index (χ3v) is 9.32. The topological polar surface area (TPSA) is 67.4 Å². The average Bonchev–Trinajstić information content (AvgIpc) is 2.96. The molecule has 1 radical (unpaired) electrons. The Balaban J connectivity index is 0.00000560. The van der Waals surface area contributed by atoms with E-state index < -0.39 is 12.0 Å². The van der Waals surface area contributed by atoms with Crippen molar-refractivity contribution in [1.29, 1.82) is 0 Å². The van der Waals surface area contributed by atoms with Crippen LogP contribution in [-0.2, 0) is 16.1 Å². The van der Waals surface area contributed by atoms with Crippen molar-refractivity contribution in [1.82, 2.24) is 10.6 Å². The second-order valence-corrected chi connectivity index (χ2v) is 12.8. The van der Waals surface area contributed by atoms with E-state index in [4.69, 9.17) is 4.74 Å². The fourth-order valence-corrected chi connectivity index (χ4v) is 6.66. The molecule has 40 heavy (non-hydrogen) atoms. The van der Waals surface area contributed by atoms with Gasteiger partial charge in [0.1, 0.15) is 6.04 Å². The molecule has 1 aliphatic rings. The van der Waals surface area contributed by atoms with Gasteiger partial charge in [0.2, 0.25) is 0 Å². The van der Waals surface area contributed by atoms with Crippen molar-refractivity contribution in [3.63, 3.8) is 0 Å². The summed E-state index contributed by atoms with van der Waals surface area (Å²) in [4.78, 5) is 25.9. The molecule has 3 rings (SSSR count). The predicted octanol–water partition coefficient (Wildman–Crippen LogP) is 6.49. The Kier molecular flexibility index (Phi) is 16.5. The standard InChI is InChI=1S/C32H46N2O3S2.Li/c1-5-39-22-26(19-24-12-7-6-8-13-24)33-21-25-15-16-28(29(20-25)27-14-10-9-11-23(27)2)31(35)34-30(17-18-38-4)32(36)37-3;/h9-11,14-16,20,24,26,30,33H,5-8,12-13,17-19,21-22H2,1-4H3,(H,34,35);/t26?,30-;/m0./s1. The van der Waals surface area contributed by atoms with Crippen LogP contribution < -0.4 is 10.6 Å². The largest absolute Gasteiger partial charge is 0.467 e. The second kappa shape index (κ2) is 18.9. The van der Waals surface area contributed by atoms with Crippen LogP contribution in [0.4, 0.5) is 0 Å². The molecule has 8 heteroatoms. The number of esters is 1. The van der Waals surface area contributed by atoms with Gasteiger partial charge >= 0.3 is 5.97 Å². The minimum atomic E-state index is -0.669. The number of benzene rings is 2. The van der Waals surface area contributed by atoms with Crippen LogP contribution in [0.2, 0.25) is 0 Å². The minimum Gasteiger partial charge on any atom is -0.467 e. The molecule has 2 aromatic carbocycles. The van der Waals surface area contributed by atoms with Gasteiger partial charge in [0, 0.05) is 42.8 Å². The molecular weight excluding hydrogens is 531 g/mol. The van der Waals surface area contributed by atoms with E-state index in [9.17, 15) is 9.59 Å². The molecule has 0 bridgehead atoms.